The van der Waals surface area contributed by atoms with Crippen LogP contribution in [0.1, 0.15) is 30.1 Å². The first-order valence-electron chi connectivity index (χ1n) is 5.28. The summed E-state index contributed by atoms with van der Waals surface area (Å²) in [5, 5.41) is 12.4. The van der Waals surface area contributed by atoms with Crippen LogP contribution in [0.5, 0.6) is 0 Å². The molecule has 0 amide bonds. The van der Waals surface area contributed by atoms with Gasteiger partial charge in [-0.15, -0.1) is 0 Å². The fourth-order valence-electron chi connectivity index (χ4n) is 1.69. The monoisotopic (exact) mass is 298 g/mol. The van der Waals surface area contributed by atoms with Crippen molar-refractivity contribution < 1.29 is 5.11 Å². The molecule has 0 aromatic carbocycles. The average molecular weight is 299 g/mol. The number of H-pyrrole nitrogens is 1. The Morgan fingerprint density at radius 2 is 1.94 bits per heavy atom. The largest absolute Gasteiger partial charge is 0.373 e. The van der Waals surface area contributed by atoms with Crippen molar-refractivity contribution >= 4 is 15.9 Å². The molecule has 1 aliphatic rings. The predicted molar refractivity (Wildman–Crippen MR) is 69.7 cm³/mol. The number of aliphatic hydroxyl groups is 1. The summed E-state index contributed by atoms with van der Waals surface area (Å²) in [6.45, 7) is 0. The molecule has 0 radical (unpaired) electrons. The zero-order valence-corrected chi connectivity index (χ0v) is 10.7. The number of nitrogens with two attached hydrogens (primary N) is 2. The normalized spacial score (nSPS) is 19.1. The van der Waals surface area contributed by atoms with Gasteiger partial charge in [-0.3, -0.25) is 0 Å². The quantitative estimate of drug-likeness (QED) is 0.426. The predicted octanol–water partition coefficient (Wildman–Crippen LogP) is 1.08. The molecule has 1 aromatic rings. The van der Waals surface area contributed by atoms with Crippen molar-refractivity contribution in [3.05, 3.63) is 46.0 Å². The molecule has 2 unspecified atom stereocenters. The van der Waals surface area contributed by atoms with Crippen LogP contribution in [0.3, 0.4) is 0 Å². The van der Waals surface area contributed by atoms with Crippen molar-refractivity contribution in [2.24, 2.45) is 11.5 Å². The molecule has 0 saturated heterocycles. The van der Waals surface area contributed by atoms with Gasteiger partial charge < -0.3 is 26.9 Å². The summed E-state index contributed by atoms with van der Waals surface area (Å²) in [5.41, 5.74) is 13.8. The number of aromatic nitrogens is 1. The van der Waals surface area contributed by atoms with Gasteiger partial charge in [0, 0.05) is 11.4 Å². The standard InChI is InChI=1S/C11H15BrN4O/c12-9-3-1-2-6(16-9)10(13)7-4-5-8(15-7)11(14)17/h2-5,10-11,15-17H,1,13-14H2. The molecule has 17 heavy (non-hydrogen) atoms. The molecule has 6 heteroatoms. The van der Waals surface area contributed by atoms with Crippen LogP contribution in [-0.2, 0) is 0 Å². The lowest BCUT2D eigenvalue weighted by atomic mass is 10.1. The molecule has 0 saturated carbocycles. The van der Waals surface area contributed by atoms with Crippen molar-refractivity contribution in [1.82, 2.24) is 10.3 Å². The first-order chi connectivity index (χ1) is 8.08. The van der Waals surface area contributed by atoms with Crippen molar-refractivity contribution in [1.29, 1.82) is 0 Å². The van der Waals surface area contributed by atoms with E-state index < -0.39 is 6.23 Å². The maximum absolute atomic E-state index is 9.23. The molecule has 92 valence electrons. The zero-order valence-electron chi connectivity index (χ0n) is 9.15. The molecule has 0 fully saturated rings. The van der Waals surface area contributed by atoms with E-state index in [2.05, 4.69) is 26.2 Å². The fourth-order valence-corrected chi connectivity index (χ4v) is 2.10. The van der Waals surface area contributed by atoms with Crippen LogP contribution in [0, 0.1) is 0 Å². The highest BCUT2D eigenvalue weighted by Crippen LogP contribution is 2.23. The lowest BCUT2D eigenvalue weighted by Gasteiger charge is -2.19. The van der Waals surface area contributed by atoms with Gasteiger partial charge in [-0.05, 0) is 40.6 Å². The van der Waals surface area contributed by atoms with Crippen molar-refractivity contribution in [3.63, 3.8) is 0 Å². The second kappa shape index (κ2) is 5.05. The molecule has 1 aromatic heterocycles. The summed E-state index contributed by atoms with van der Waals surface area (Å²) in [5.74, 6) is 0. The Morgan fingerprint density at radius 1 is 1.24 bits per heavy atom. The lowest BCUT2D eigenvalue weighted by Crippen LogP contribution is -2.25. The van der Waals surface area contributed by atoms with E-state index in [-0.39, 0.29) is 6.04 Å². The van der Waals surface area contributed by atoms with Gasteiger partial charge in [0.1, 0.15) is 6.23 Å². The number of nitrogens with one attached hydrogen (secondary N) is 2. The summed E-state index contributed by atoms with van der Waals surface area (Å²) < 4.78 is 0.913. The molecular weight excluding hydrogens is 284 g/mol. The van der Waals surface area contributed by atoms with Crippen LogP contribution in [0.4, 0.5) is 0 Å². The third-order valence-electron chi connectivity index (χ3n) is 2.62. The molecule has 2 atom stereocenters. The summed E-state index contributed by atoms with van der Waals surface area (Å²) in [6.07, 6.45) is 3.87. The van der Waals surface area contributed by atoms with Gasteiger partial charge >= 0.3 is 0 Å². The van der Waals surface area contributed by atoms with Crippen LogP contribution >= 0.6 is 15.9 Å². The highest BCUT2D eigenvalue weighted by Gasteiger charge is 2.16. The minimum absolute atomic E-state index is 0.288. The SMILES string of the molecule is NC(O)c1ccc(C(N)C2=CCC=C(Br)N2)[nH]1. The Balaban J connectivity index is 2.14. The Morgan fingerprint density at radius 3 is 2.53 bits per heavy atom. The average Bonchev–Trinajstić information content (AvgIpc) is 2.77. The Labute approximate surface area is 108 Å². The molecule has 0 bridgehead atoms. The first kappa shape index (κ1) is 12.4. The first-order valence-corrected chi connectivity index (χ1v) is 6.08. The van der Waals surface area contributed by atoms with Gasteiger partial charge in [-0.25, -0.2) is 0 Å². The fraction of sp³-hybridized carbons (Fsp3) is 0.273. The Bertz CT molecular complexity index is 464. The summed E-state index contributed by atoms with van der Waals surface area (Å²) in [6, 6.07) is 3.27. The van der Waals surface area contributed by atoms with Gasteiger partial charge in [-0.1, -0.05) is 6.08 Å². The summed E-state index contributed by atoms with van der Waals surface area (Å²) in [7, 11) is 0. The van der Waals surface area contributed by atoms with Gasteiger partial charge in [0.25, 0.3) is 0 Å². The molecule has 2 rings (SSSR count). The van der Waals surface area contributed by atoms with Crippen LogP contribution in [0.15, 0.2) is 34.6 Å². The molecular formula is C11H15BrN4O. The maximum atomic E-state index is 9.23. The van der Waals surface area contributed by atoms with Crippen LogP contribution in [0.25, 0.3) is 0 Å². The highest BCUT2D eigenvalue weighted by atomic mass is 79.9. The Hall–Kier alpha value is -1.08. The van der Waals surface area contributed by atoms with E-state index in [1.807, 2.05) is 18.2 Å². The van der Waals surface area contributed by atoms with Crippen molar-refractivity contribution in [2.45, 2.75) is 18.7 Å². The van der Waals surface area contributed by atoms with E-state index in [1.54, 1.807) is 6.07 Å². The van der Waals surface area contributed by atoms with Crippen LogP contribution in [0.2, 0.25) is 0 Å². The van der Waals surface area contributed by atoms with Crippen molar-refractivity contribution in [3.8, 4) is 0 Å². The maximum Gasteiger partial charge on any atom is 0.143 e. The van der Waals surface area contributed by atoms with E-state index >= 15 is 0 Å². The number of allylic oxidation sites excluding steroid dienone is 2. The smallest absolute Gasteiger partial charge is 0.143 e. The molecule has 5 nitrogen and oxygen atoms in total. The van der Waals surface area contributed by atoms with E-state index in [0.29, 0.717) is 5.69 Å². The summed E-state index contributed by atoms with van der Waals surface area (Å²) >= 11 is 3.38. The van der Waals surface area contributed by atoms with Gasteiger partial charge in [0.15, 0.2) is 0 Å². The van der Waals surface area contributed by atoms with Gasteiger partial charge in [0.05, 0.1) is 16.3 Å². The van der Waals surface area contributed by atoms with Crippen LogP contribution < -0.4 is 16.8 Å². The number of rotatable bonds is 3. The number of hydrogen-bond donors (Lipinski definition) is 5. The van der Waals surface area contributed by atoms with E-state index in [1.165, 1.54) is 0 Å². The molecule has 2 heterocycles. The minimum Gasteiger partial charge on any atom is -0.373 e. The van der Waals surface area contributed by atoms with Gasteiger partial charge in [0.2, 0.25) is 0 Å². The molecule has 7 N–H and O–H groups in total. The number of halogens is 1. The van der Waals surface area contributed by atoms with Gasteiger partial charge in [-0.2, -0.15) is 0 Å². The zero-order chi connectivity index (χ0) is 12.4. The third-order valence-corrected chi connectivity index (χ3v) is 3.14. The molecule has 0 aliphatic carbocycles. The second-order valence-electron chi connectivity index (χ2n) is 3.86. The topological polar surface area (TPSA) is 100 Å². The molecule has 0 spiro atoms. The molecule has 1 aliphatic heterocycles. The second-order valence-corrected chi connectivity index (χ2v) is 4.72. The van der Waals surface area contributed by atoms with E-state index in [9.17, 15) is 5.11 Å². The third kappa shape index (κ3) is 2.78. The number of hydrogen-bond acceptors (Lipinski definition) is 4. The van der Waals surface area contributed by atoms with E-state index in [0.717, 1.165) is 22.4 Å². The summed E-state index contributed by atoms with van der Waals surface area (Å²) in [4.78, 5) is 3.01. The van der Waals surface area contributed by atoms with Crippen molar-refractivity contribution in [2.75, 3.05) is 0 Å². The lowest BCUT2D eigenvalue weighted by molar-refractivity contribution is 0.182. The number of aliphatic hydroxyl groups excluding tert-OH is 1. The number of dihydropyridines is 1. The van der Waals surface area contributed by atoms with E-state index in [4.69, 9.17) is 11.5 Å². The Kier molecular flexibility index (Phi) is 3.68. The van der Waals surface area contributed by atoms with Crippen LogP contribution in [-0.4, -0.2) is 10.1 Å². The highest BCUT2D eigenvalue weighted by molar-refractivity contribution is 9.11. The minimum atomic E-state index is -1.00. The number of aromatic amines is 1.